The van der Waals surface area contributed by atoms with Crippen LogP contribution in [0.25, 0.3) is 0 Å². The van der Waals surface area contributed by atoms with E-state index in [0.717, 1.165) is 32.1 Å². The zero-order chi connectivity index (χ0) is 11.3. The number of rotatable bonds is 5. The van der Waals surface area contributed by atoms with Crippen LogP contribution < -0.4 is 11.3 Å². The first-order valence-electron chi connectivity index (χ1n) is 5.40. The Morgan fingerprint density at radius 1 is 1.53 bits per heavy atom. The maximum Gasteiger partial charge on any atom is 0.154 e. The summed E-state index contributed by atoms with van der Waals surface area (Å²) in [6.07, 6.45) is 5.83. The molecule has 0 aliphatic carbocycles. The summed E-state index contributed by atoms with van der Waals surface area (Å²) in [6, 6.07) is -0.131. The summed E-state index contributed by atoms with van der Waals surface area (Å²) < 4.78 is 23.6. The Balaban J connectivity index is 2.68. The Labute approximate surface area is 91.8 Å². The second kappa shape index (κ2) is 5.63. The van der Waals surface area contributed by atoms with Gasteiger partial charge in [-0.05, 0) is 25.7 Å². The lowest BCUT2D eigenvalue weighted by Gasteiger charge is -2.29. The molecule has 4 nitrogen and oxygen atoms in total. The van der Waals surface area contributed by atoms with Gasteiger partial charge in [-0.15, -0.1) is 6.58 Å². The van der Waals surface area contributed by atoms with Crippen molar-refractivity contribution in [3.8, 4) is 0 Å². The van der Waals surface area contributed by atoms with Gasteiger partial charge in [0.05, 0.1) is 11.0 Å². The van der Waals surface area contributed by atoms with Crippen LogP contribution in [0.3, 0.4) is 0 Å². The van der Waals surface area contributed by atoms with E-state index < -0.39 is 9.84 Å². The van der Waals surface area contributed by atoms with E-state index in [0.29, 0.717) is 5.75 Å². The number of sulfone groups is 1. The second-order valence-electron chi connectivity index (χ2n) is 4.04. The molecule has 1 aliphatic heterocycles. The van der Waals surface area contributed by atoms with Gasteiger partial charge in [0, 0.05) is 6.04 Å². The lowest BCUT2D eigenvalue weighted by molar-refractivity contribution is 0.425. The molecule has 0 aromatic rings. The van der Waals surface area contributed by atoms with Crippen LogP contribution in [0.1, 0.15) is 32.1 Å². The number of hydrazine groups is 1. The molecule has 0 saturated carbocycles. The van der Waals surface area contributed by atoms with E-state index in [-0.39, 0.29) is 11.3 Å². The predicted molar refractivity (Wildman–Crippen MR) is 62.0 cm³/mol. The highest BCUT2D eigenvalue weighted by Crippen LogP contribution is 2.24. The summed E-state index contributed by atoms with van der Waals surface area (Å²) >= 11 is 0. The molecule has 5 heteroatoms. The SMILES string of the molecule is C=CCCC(NN)C1CCCCS1(=O)=O. The molecule has 0 bridgehead atoms. The molecule has 1 rings (SSSR count). The maximum absolute atomic E-state index is 11.8. The monoisotopic (exact) mass is 232 g/mol. The Hall–Kier alpha value is -0.390. The predicted octanol–water partition coefficient (Wildman–Crippen LogP) is 0.752. The van der Waals surface area contributed by atoms with Crippen molar-refractivity contribution in [2.75, 3.05) is 5.75 Å². The minimum Gasteiger partial charge on any atom is -0.271 e. The molecule has 0 aromatic heterocycles. The fourth-order valence-electron chi connectivity index (χ4n) is 2.11. The Kier molecular flexibility index (Phi) is 4.76. The van der Waals surface area contributed by atoms with Crippen molar-refractivity contribution >= 4 is 9.84 Å². The zero-order valence-corrected chi connectivity index (χ0v) is 9.80. The Morgan fingerprint density at radius 2 is 2.27 bits per heavy atom. The first-order chi connectivity index (χ1) is 7.11. The molecular formula is C10H20N2O2S. The summed E-state index contributed by atoms with van der Waals surface area (Å²) in [4.78, 5) is 0. The van der Waals surface area contributed by atoms with Gasteiger partial charge in [-0.2, -0.15) is 0 Å². The summed E-state index contributed by atoms with van der Waals surface area (Å²) in [5.41, 5.74) is 2.64. The van der Waals surface area contributed by atoms with Gasteiger partial charge in [-0.1, -0.05) is 12.5 Å². The number of hydrogen-bond donors (Lipinski definition) is 2. The van der Waals surface area contributed by atoms with Crippen molar-refractivity contribution < 1.29 is 8.42 Å². The van der Waals surface area contributed by atoms with Gasteiger partial charge in [0.2, 0.25) is 0 Å². The van der Waals surface area contributed by atoms with Crippen molar-refractivity contribution in [3.05, 3.63) is 12.7 Å². The van der Waals surface area contributed by atoms with Gasteiger partial charge in [-0.25, -0.2) is 8.42 Å². The molecule has 0 radical (unpaired) electrons. The lowest BCUT2D eigenvalue weighted by Crippen LogP contribution is -2.49. The van der Waals surface area contributed by atoms with Crippen molar-refractivity contribution in [2.45, 2.75) is 43.4 Å². The lowest BCUT2D eigenvalue weighted by atomic mass is 10.0. The van der Waals surface area contributed by atoms with Gasteiger partial charge in [-0.3, -0.25) is 11.3 Å². The number of hydrogen-bond acceptors (Lipinski definition) is 4. The maximum atomic E-state index is 11.8. The molecule has 1 saturated heterocycles. The molecule has 1 aliphatic rings. The van der Waals surface area contributed by atoms with Crippen molar-refractivity contribution in [1.82, 2.24) is 5.43 Å². The average molecular weight is 232 g/mol. The summed E-state index contributed by atoms with van der Waals surface area (Å²) in [5.74, 6) is 5.73. The minimum atomic E-state index is -2.94. The van der Waals surface area contributed by atoms with Crippen LogP contribution in [0.5, 0.6) is 0 Å². The average Bonchev–Trinajstić information content (AvgIpc) is 2.20. The molecule has 0 aromatic carbocycles. The Bertz CT molecular complexity index is 301. The molecule has 15 heavy (non-hydrogen) atoms. The fraction of sp³-hybridized carbons (Fsp3) is 0.800. The number of nitrogens with two attached hydrogens (primary N) is 1. The molecule has 3 N–H and O–H groups in total. The highest BCUT2D eigenvalue weighted by molar-refractivity contribution is 7.92. The smallest absolute Gasteiger partial charge is 0.154 e. The van der Waals surface area contributed by atoms with E-state index in [1.54, 1.807) is 6.08 Å². The van der Waals surface area contributed by atoms with Crippen LogP contribution >= 0.6 is 0 Å². The first-order valence-corrected chi connectivity index (χ1v) is 7.12. The summed E-state index contributed by atoms with van der Waals surface area (Å²) in [7, 11) is -2.94. The Morgan fingerprint density at radius 3 is 2.80 bits per heavy atom. The van der Waals surface area contributed by atoms with Gasteiger partial charge < -0.3 is 0 Å². The fourth-order valence-corrected chi connectivity index (χ4v) is 4.26. The van der Waals surface area contributed by atoms with E-state index in [1.807, 2.05) is 0 Å². The van der Waals surface area contributed by atoms with Crippen molar-refractivity contribution in [1.29, 1.82) is 0 Å². The van der Waals surface area contributed by atoms with E-state index in [1.165, 1.54) is 0 Å². The first kappa shape index (κ1) is 12.7. The molecule has 88 valence electrons. The van der Waals surface area contributed by atoms with Crippen LogP contribution in [0.2, 0.25) is 0 Å². The summed E-state index contributed by atoms with van der Waals surface area (Å²) in [6.45, 7) is 3.63. The van der Waals surface area contributed by atoms with Crippen molar-refractivity contribution in [3.63, 3.8) is 0 Å². The highest BCUT2D eigenvalue weighted by Gasteiger charge is 2.34. The molecule has 0 amide bonds. The summed E-state index contributed by atoms with van der Waals surface area (Å²) in [5, 5.41) is -0.309. The van der Waals surface area contributed by atoms with Gasteiger partial charge >= 0.3 is 0 Å². The van der Waals surface area contributed by atoms with Crippen LogP contribution in [-0.2, 0) is 9.84 Å². The van der Waals surface area contributed by atoms with E-state index in [2.05, 4.69) is 12.0 Å². The topological polar surface area (TPSA) is 72.2 Å². The van der Waals surface area contributed by atoms with Gasteiger partial charge in [0.15, 0.2) is 9.84 Å². The second-order valence-corrected chi connectivity index (χ2v) is 6.38. The molecule has 2 atom stereocenters. The standard InChI is InChI=1S/C10H20N2O2S/c1-2-3-6-9(12-11)10-7-4-5-8-15(10,13)14/h2,9-10,12H,1,3-8,11H2. The molecule has 1 fully saturated rings. The molecular weight excluding hydrogens is 212 g/mol. The zero-order valence-electron chi connectivity index (χ0n) is 8.98. The third-order valence-corrected chi connectivity index (χ3v) is 5.32. The van der Waals surface area contributed by atoms with Crippen LogP contribution in [0.4, 0.5) is 0 Å². The van der Waals surface area contributed by atoms with E-state index in [9.17, 15) is 8.42 Å². The highest BCUT2D eigenvalue weighted by atomic mass is 32.2. The number of allylic oxidation sites excluding steroid dienone is 1. The largest absolute Gasteiger partial charge is 0.271 e. The normalized spacial score (nSPS) is 27.1. The van der Waals surface area contributed by atoms with Crippen LogP contribution in [0, 0.1) is 0 Å². The molecule has 0 spiro atoms. The minimum absolute atomic E-state index is 0.131. The molecule has 1 heterocycles. The number of nitrogens with one attached hydrogen (secondary N) is 1. The van der Waals surface area contributed by atoms with Crippen LogP contribution in [-0.4, -0.2) is 25.5 Å². The third kappa shape index (κ3) is 3.29. The molecule has 2 unspecified atom stereocenters. The van der Waals surface area contributed by atoms with E-state index >= 15 is 0 Å². The van der Waals surface area contributed by atoms with E-state index in [4.69, 9.17) is 5.84 Å². The van der Waals surface area contributed by atoms with Crippen LogP contribution in [0.15, 0.2) is 12.7 Å². The van der Waals surface area contributed by atoms with Gasteiger partial charge in [0.25, 0.3) is 0 Å². The quantitative estimate of drug-likeness (QED) is 0.417. The third-order valence-electron chi connectivity index (χ3n) is 2.97. The van der Waals surface area contributed by atoms with Gasteiger partial charge in [0.1, 0.15) is 0 Å². The van der Waals surface area contributed by atoms with Crippen molar-refractivity contribution in [2.24, 2.45) is 5.84 Å².